The van der Waals surface area contributed by atoms with Crippen molar-refractivity contribution in [1.29, 1.82) is 5.26 Å². The number of hydrogen-bond donors (Lipinski definition) is 0. The van der Waals surface area contributed by atoms with E-state index < -0.39 is 10.2 Å². The molecule has 150 valence electrons. The molecule has 0 saturated carbocycles. The van der Waals surface area contributed by atoms with Crippen molar-refractivity contribution < 1.29 is 8.42 Å². The van der Waals surface area contributed by atoms with Gasteiger partial charge in [0.05, 0.1) is 11.6 Å². The maximum absolute atomic E-state index is 13.0. The lowest BCUT2D eigenvalue weighted by Crippen LogP contribution is -2.53. The Hall–Kier alpha value is -1.46. The summed E-state index contributed by atoms with van der Waals surface area (Å²) in [6.07, 6.45) is 3.80. The van der Waals surface area contributed by atoms with Crippen molar-refractivity contribution in [2.24, 2.45) is 0 Å². The van der Waals surface area contributed by atoms with Crippen LogP contribution in [0.3, 0.4) is 0 Å². The van der Waals surface area contributed by atoms with E-state index in [1.54, 1.807) is 8.61 Å². The fraction of sp³-hybridized carbons (Fsp3) is 0.650. The first-order chi connectivity index (χ1) is 13.0. The van der Waals surface area contributed by atoms with Crippen molar-refractivity contribution in [1.82, 2.24) is 13.5 Å². The van der Waals surface area contributed by atoms with Crippen molar-refractivity contribution in [3.05, 3.63) is 35.4 Å². The third kappa shape index (κ3) is 6.28. The predicted molar refractivity (Wildman–Crippen MR) is 108 cm³/mol. The molecule has 0 N–H and O–H groups in total. The van der Waals surface area contributed by atoms with Gasteiger partial charge in [-0.05, 0) is 30.5 Å². The minimum absolute atomic E-state index is 0.535. The van der Waals surface area contributed by atoms with Crippen LogP contribution in [0.5, 0.6) is 0 Å². The van der Waals surface area contributed by atoms with Gasteiger partial charge in [0.2, 0.25) is 0 Å². The van der Waals surface area contributed by atoms with E-state index in [0.717, 1.165) is 50.9 Å². The van der Waals surface area contributed by atoms with E-state index in [9.17, 15) is 8.42 Å². The molecule has 0 aromatic heterocycles. The van der Waals surface area contributed by atoms with Gasteiger partial charge in [-0.3, -0.25) is 4.90 Å². The van der Waals surface area contributed by atoms with E-state index in [2.05, 4.69) is 24.8 Å². The van der Waals surface area contributed by atoms with Gasteiger partial charge in [0, 0.05) is 45.8 Å². The minimum atomic E-state index is -3.37. The summed E-state index contributed by atoms with van der Waals surface area (Å²) >= 11 is 0. The second-order valence-electron chi connectivity index (χ2n) is 7.10. The SMILES string of the molecule is CCCCN(CCCC)S(=O)(=O)N1CCN(Cc2ccc(C#N)cc2)CC1. The number of benzene rings is 1. The van der Waals surface area contributed by atoms with E-state index in [1.165, 1.54) is 0 Å². The van der Waals surface area contributed by atoms with Crippen LogP contribution in [0.2, 0.25) is 0 Å². The molecule has 1 aromatic rings. The van der Waals surface area contributed by atoms with Gasteiger partial charge in [-0.2, -0.15) is 22.3 Å². The summed E-state index contributed by atoms with van der Waals surface area (Å²) in [5.74, 6) is 0. The molecule has 0 unspecified atom stereocenters. The highest BCUT2D eigenvalue weighted by atomic mass is 32.2. The average Bonchev–Trinajstić information content (AvgIpc) is 2.69. The van der Waals surface area contributed by atoms with Crippen LogP contribution in [0.25, 0.3) is 0 Å². The molecular formula is C20H32N4O2S. The molecule has 1 saturated heterocycles. The van der Waals surface area contributed by atoms with Gasteiger partial charge in [0.1, 0.15) is 0 Å². The number of nitrogens with zero attached hydrogens (tertiary/aromatic N) is 4. The molecular weight excluding hydrogens is 360 g/mol. The molecule has 0 atom stereocenters. The number of hydrogen-bond acceptors (Lipinski definition) is 4. The van der Waals surface area contributed by atoms with Crippen LogP contribution >= 0.6 is 0 Å². The van der Waals surface area contributed by atoms with Gasteiger partial charge in [0.15, 0.2) is 0 Å². The second-order valence-corrected chi connectivity index (χ2v) is 9.03. The van der Waals surface area contributed by atoms with Gasteiger partial charge in [0.25, 0.3) is 10.2 Å². The fourth-order valence-corrected chi connectivity index (χ4v) is 4.91. The minimum Gasteiger partial charge on any atom is -0.296 e. The molecule has 1 fully saturated rings. The van der Waals surface area contributed by atoms with E-state index in [0.29, 0.717) is 31.7 Å². The number of rotatable bonds is 10. The summed E-state index contributed by atoms with van der Waals surface area (Å²) in [6.45, 7) is 8.73. The Morgan fingerprint density at radius 3 is 2.04 bits per heavy atom. The maximum atomic E-state index is 13.0. The van der Waals surface area contributed by atoms with Crippen LogP contribution < -0.4 is 0 Å². The molecule has 2 rings (SSSR count). The normalized spacial score (nSPS) is 16.5. The van der Waals surface area contributed by atoms with Crippen molar-refractivity contribution >= 4 is 10.2 Å². The monoisotopic (exact) mass is 392 g/mol. The van der Waals surface area contributed by atoms with Crippen molar-refractivity contribution in [2.45, 2.75) is 46.1 Å². The van der Waals surface area contributed by atoms with E-state index in [-0.39, 0.29) is 0 Å². The summed E-state index contributed by atoms with van der Waals surface area (Å²) in [5.41, 5.74) is 1.81. The lowest BCUT2D eigenvalue weighted by Gasteiger charge is -2.36. The Kier molecular flexibility index (Phi) is 8.71. The van der Waals surface area contributed by atoms with Gasteiger partial charge in [-0.15, -0.1) is 0 Å². The summed E-state index contributed by atoms with van der Waals surface area (Å²) in [4.78, 5) is 2.27. The first kappa shape index (κ1) is 21.8. The molecule has 27 heavy (non-hydrogen) atoms. The van der Waals surface area contributed by atoms with Crippen LogP contribution in [0, 0.1) is 11.3 Å². The molecule has 0 aliphatic carbocycles. The van der Waals surface area contributed by atoms with Crippen molar-refractivity contribution in [3.63, 3.8) is 0 Å². The van der Waals surface area contributed by atoms with E-state index in [1.807, 2.05) is 24.3 Å². The molecule has 1 aliphatic rings. The first-order valence-electron chi connectivity index (χ1n) is 9.97. The standard InChI is InChI=1S/C20H32N4O2S/c1-3-5-11-23(12-6-4-2)27(25,26)24-15-13-22(14-16-24)18-20-9-7-19(17-21)8-10-20/h7-10H,3-6,11-16,18H2,1-2H3. The summed E-state index contributed by atoms with van der Waals surface area (Å²) in [7, 11) is -3.37. The average molecular weight is 393 g/mol. The quantitative estimate of drug-likeness (QED) is 0.614. The molecule has 6 nitrogen and oxygen atoms in total. The van der Waals surface area contributed by atoms with Gasteiger partial charge < -0.3 is 0 Å². The van der Waals surface area contributed by atoms with Crippen LogP contribution in [0.1, 0.15) is 50.7 Å². The van der Waals surface area contributed by atoms with Gasteiger partial charge in [-0.1, -0.05) is 38.8 Å². The van der Waals surface area contributed by atoms with Crippen LogP contribution in [-0.2, 0) is 16.8 Å². The van der Waals surface area contributed by atoms with Gasteiger partial charge in [-0.25, -0.2) is 0 Å². The van der Waals surface area contributed by atoms with Crippen LogP contribution in [0.4, 0.5) is 0 Å². The maximum Gasteiger partial charge on any atom is 0.282 e. The predicted octanol–water partition coefficient (Wildman–Crippen LogP) is 2.82. The highest BCUT2D eigenvalue weighted by Crippen LogP contribution is 2.16. The molecule has 1 heterocycles. The molecule has 0 amide bonds. The Balaban J connectivity index is 1.92. The topological polar surface area (TPSA) is 67.7 Å². The zero-order valence-corrected chi connectivity index (χ0v) is 17.4. The van der Waals surface area contributed by atoms with Crippen LogP contribution in [-0.4, -0.2) is 61.2 Å². The number of nitriles is 1. The Bertz CT molecular complexity index is 696. The third-order valence-corrected chi connectivity index (χ3v) is 7.03. The molecule has 1 aromatic carbocycles. The largest absolute Gasteiger partial charge is 0.296 e. The van der Waals surface area contributed by atoms with Gasteiger partial charge >= 0.3 is 0 Å². The van der Waals surface area contributed by atoms with Crippen LogP contribution in [0.15, 0.2) is 24.3 Å². The highest BCUT2D eigenvalue weighted by Gasteiger charge is 2.31. The zero-order valence-electron chi connectivity index (χ0n) is 16.6. The van der Waals surface area contributed by atoms with Crippen molar-refractivity contribution in [3.8, 4) is 6.07 Å². The summed E-state index contributed by atoms with van der Waals surface area (Å²) < 4.78 is 29.4. The van der Waals surface area contributed by atoms with Crippen molar-refractivity contribution in [2.75, 3.05) is 39.3 Å². The Labute approximate surface area is 164 Å². The number of unbranched alkanes of at least 4 members (excludes halogenated alkanes) is 2. The van der Waals surface area contributed by atoms with E-state index >= 15 is 0 Å². The Morgan fingerprint density at radius 2 is 1.56 bits per heavy atom. The molecule has 7 heteroatoms. The number of piperazine rings is 1. The third-order valence-electron chi connectivity index (χ3n) is 5.00. The molecule has 0 radical (unpaired) electrons. The van der Waals surface area contributed by atoms with E-state index in [4.69, 9.17) is 5.26 Å². The lowest BCUT2D eigenvalue weighted by atomic mass is 10.1. The molecule has 0 spiro atoms. The fourth-order valence-electron chi connectivity index (χ4n) is 3.24. The second kappa shape index (κ2) is 10.8. The lowest BCUT2D eigenvalue weighted by molar-refractivity contribution is 0.174. The zero-order chi connectivity index (χ0) is 19.7. The highest BCUT2D eigenvalue weighted by molar-refractivity contribution is 7.86. The smallest absolute Gasteiger partial charge is 0.282 e. The molecule has 0 bridgehead atoms. The Morgan fingerprint density at radius 1 is 1.00 bits per heavy atom. The summed E-state index contributed by atoms with van der Waals surface area (Å²) in [6, 6.07) is 9.73. The first-order valence-corrected chi connectivity index (χ1v) is 11.4. The molecule has 1 aliphatic heterocycles. The summed E-state index contributed by atoms with van der Waals surface area (Å²) in [5, 5.41) is 8.88.